The van der Waals surface area contributed by atoms with Crippen LogP contribution in [0.4, 0.5) is 0 Å². The zero-order valence-electron chi connectivity index (χ0n) is 13.8. The zero-order chi connectivity index (χ0) is 16.7. The van der Waals surface area contributed by atoms with Crippen molar-refractivity contribution in [2.75, 3.05) is 6.54 Å². The minimum atomic E-state index is 0.0550. The number of H-pyrrole nitrogens is 1. The molecule has 0 aliphatic carbocycles. The number of hydrogen-bond acceptors (Lipinski definition) is 3. The summed E-state index contributed by atoms with van der Waals surface area (Å²) in [6, 6.07) is 8.09. The minimum absolute atomic E-state index is 0.0550. The third-order valence-electron chi connectivity index (χ3n) is 3.70. The lowest BCUT2D eigenvalue weighted by Crippen LogP contribution is -2.25. The van der Waals surface area contributed by atoms with E-state index in [-0.39, 0.29) is 5.91 Å². The van der Waals surface area contributed by atoms with E-state index < -0.39 is 0 Å². The molecule has 0 unspecified atom stereocenters. The Bertz CT molecular complexity index is 705. The molecule has 2 aromatic rings. The molecule has 124 valence electrons. The maximum absolute atomic E-state index is 11.9. The van der Waals surface area contributed by atoms with Crippen molar-refractivity contribution in [1.29, 1.82) is 0 Å². The fraction of sp³-hybridized carbons (Fsp3) is 0.471. The molecule has 0 radical (unpaired) electrons. The molecule has 0 fully saturated rings. The van der Waals surface area contributed by atoms with Crippen molar-refractivity contribution in [2.45, 2.75) is 46.1 Å². The van der Waals surface area contributed by atoms with Crippen LogP contribution in [0, 0.1) is 11.7 Å². The summed E-state index contributed by atoms with van der Waals surface area (Å²) in [5.74, 6) is 0.830. The molecule has 6 heteroatoms. The van der Waals surface area contributed by atoms with Gasteiger partial charge in [0.05, 0.1) is 0 Å². The molecular weight excluding hydrogens is 308 g/mol. The van der Waals surface area contributed by atoms with Crippen LogP contribution in [0.2, 0.25) is 0 Å². The van der Waals surface area contributed by atoms with E-state index >= 15 is 0 Å². The van der Waals surface area contributed by atoms with Gasteiger partial charge in [-0.05, 0) is 31.6 Å². The van der Waals surface area contributed by atoms with Gasteiger partial charge in [0.2, 0.25) is 5.91 Å². The molecule has 5 nitrogen and oxygen atoms in total. The van der Waals surface area contributed by atoms with Crippen molar-refractivity contribution in [3.63, 3.8) is 0 Å². The smallest absolute Gasteiger partial charge is 0.221 e. The first-order valence-electron chi connectivity index (χ1n) is 8.10. The van der Waals surface area contributed by atoms with Crippen LogP contribution in [-0.2, 0) is 11.3 Å². The van der Waals surface area contributed by atoms with E-state index in [4.69, 9.17) is 12.2 Å². The van der Waals surface area contributed by atoms with Crippen molar-refractivity contribution >= 4 is 18.1 Å². The zero-order valence-corrected chi connectivity index (χ0v) is 14.6. The molecule has 0 saturated heterocycles. The highest BCUT2D eigenvalue weighted by Gasteiger charge is 2.10. The Morgan fingerprint density at radius 3 is 2.96 bits per heavy atom. The SMILES string of the molecule is CCCCCNC(=O)CCn1c(-c2cccc(C)c2)n[nH]c1=S. The first kappa shape index (κ1) is 17.4. The van der Waals surface area contributed by atoms with E-state index in [9.17, 15) is 4.79 Å². The molecule has 2 N–H and O–H groups in total. The second-order valence-corrected chi connectivity index (χ2v) is 6.07. The van der Waals surface area contributed by atoms with E-state index in [0.29, 0.717) is 17.7 Å². The highest BCUT2D eigenvalue weighted by molar-refractivity contribution is 7.71. The van der Waals surface area contributed by atoms with Crippen molar-refractivity contribution in [1.82, 2.24) is 20.1 Å². The first-order valence-corrected chi connectivity index (χ1v) is 8.51. The molecule has 1 aromatic carbocycles. The Kier molecular flexibility index (Phi) is 6.52. The fourth-order valence-electron chi connectivity index (χ4n) is 2.43. The second kappa shape index (κ2) is 8.62. The summed E-state index contributed by atoms with van der Waals surface area (Å²) >= 11 is 5.29. The van der Waals surface area contributed by atoms with Gasteiger partial charge in [0.1, 0.15) is 0 Å². The minimum Gasteiger partial charge on any atom is -0.356 e. The molecule has 23 heavy (non-hydrogen) atoms. The molecule has 0 aliphatic rings. The summed E-state index contributed by atoms with van der Waals surface area (Å²) in [6.45, 7) is 5.46. The molecular formula is C17H24N4OS. The van der Waals surface area contributed by atoms with Gasteiger partial charge in [-0.1, -0.05) is 43.5 Å². The van der Waals surface area contributed by atoms with Crippen LogP contribution < -0.4 is 5.32 Å². The van der Waals surface area contributed by atoms with Gasteiger partial charge < -0.3 is 5.32 Å². The molecule has 1 heterocycles. The molecule has 0 bridgehead atoms. The van der Waals surface area contributed by atoms with Gasteiger partial charge in [0, 0.05) is 25.1 Å². The quantitative estimate of drug-likeness (QED) is 0.573. The van der Waals surface area contributed by atoms with Crippen LogP contribution >= 0.6 is 12.2 Å². The number of carbonyl (C=O) groups excluding carboxylic acids is 1. The Labute approximate surface area is 142 Å². The molecule has 0 spiro atoms. The van der Waals surface area contributed by atoms with Gasteiger partial charge >= 0.3 is 0 Å². The number of carbonyl (C=O) groups is 1. The van der Waals surface area contributed by atoms with Gasteiger partial charge in [-0.3, -0.25) is 14.5 Å². The van der Waals surface area contributed by atoms with Gasteiger partial charge in [-0.25, -0.2) is 0 Å². The maximum atomic E-state index is 11.9. The Balaban J connectivity index is 1.99. The van der Waals surface area contributed by atoms with E-state index in [1.54, 1.807) is 0 Å². The summed E-state index contributed by atoms with van der Waals surface area (Å²) in [6.07, 6.45) is 3.73. The van der Waals surface area contributed by atoms with Crippen LogP contribution in [0.15, 0.2) is 24.3 Å². The highest BCUT2D eigenvalue weighted by atomic mass is 32.1. The predicted octanol–water partition coefficient (Wildman–Crippen LogP) is 3.61. The van der Waals surface area contributed by atoms with E-state index in [0.717, 1.165) is 42.8 Å². The fourth-order valence-corrected chi connectivity index (χ4v) is 2.66. The second-order valence-electron chi connectivity index (χ2n) is 5.68. The van der Waals surface area contributed by atoms with Crippen molar-refractivity contribution in [3.8, 4) is 11.4 Å². The van der Waals surface area contributed by atoms with E-state index in [1.165, 1.54) is 0 Å². The Hall–Kier alpha value is -1.95. The number of unbranched alkanes of at least 4 members (excludes halogenated alkanes) is 2. The molecule has 0 atom stereocenters. The van der Waals surface area contributed by atoms with Crippen molar-refractivity contribution < 1.29 is 4.79 Å². The number of nitrogens with zero attached hydrogens (tertiary/aromatic N) is 2. The number of hydrogen-bond donors (Lipinski definition) is 2. The van der Waals surface area contributed by atoms with Crippen LogP contribution in [0.25, 0.3) is 11.4 Å². The molecule has 0 saturated carbocycles. The summed E-state index contributed by atoms with van der Waals surface area (Å²) in [5.41, 5.74) is 2.16. The monoisotopic (exact) mass is 332 g/mol. The first-order chi connectivity index (χ1) is 11.1. The number of benzene rings is 1. The Morgan fingerprint density at radius 1 is 1.39 bits per heavy atom. The van der Waals surface area contributed by atoms with Crippen molar-refractivity contribution in [3.05, 3.63) is 34.6 Å². The summed E-state index contributed by atoms with van der Waals surface area (Å²) in [4.78, 5) is 11.9. The Morgan fingerprint density at radius 2 is 2.22 bits per heavy atom. The van der Waals surface area contributed by atoms with Gasteiger partial charge in [-0.15, -0.1) is 0 Å². The van der Waals surface area contributed by atoms with Crippen molar-refractivity contribution in [2.24, 2.45) is 0 Å². The summed E-state index contributed by atoms with van der Waals surface area (Å²) < 4.78 is 2.43. The largest absolute Gasteiger partial charge is 0.356 e. The van der Waals surface area contributed by atoms with Gasteiger partial charge in [-0.2, -0.15) is 5.10 Å². The van der Waals surface area contributed by atoms with E-state index in [2.05, 4.69) is 28.5 Å². The number of rotatable bonds is 8. The standard InChI is InChI=1S/C17H24N4OS/c1-3-4-5-10-18-15(22)9-11-21-16(19-20-17(21)23)14-8-6-7-13(2)12-14/h6-8,12H,3-5,9-11H2,1-2H3,(H,18,22)(H,20,23). The summed E-state index contributed by atoms with van der Waals surface area (Å²) in [7, 11) is 0. The maximum Gasteiger partial charge on any atom is 0.221 e. The summed E-state index contributed by atoms with van der Waals surface area (Å²) in [5, 5.41) is 10.1. The van der Waals surface area contributed by atoms with Gasteiger partial charge in [0.25, 0.3) is 0 Å². The number of aromatic nitrogens is 3. The highest BCUT2D eigenvalue weighted by Crippen LogP contribution is 2.18. The molecule has 1 amide bonds. The third-order valence-corrected chi connectivity index (χ3v) is 4.01. The van der Waals surface area contributed by atoms with Crippen LogP contribution in [-0.4, -0.2) is 27.2 Å². The number of nitrogens with one attached hydrogen (secondary N) is 2. The normalized spacial score (nSPS) is 10.7. The van der Waals surface area contributed by atoms with Crippen LogP contribution in [0.1, 0.15) is 38.2 Å². The molecule has 0 aliphatic heterocycles. The number of aryl methyl sites for hydroxylation is 1. The molecule has 2 rings (SSSR count). The average molecular weight is 332 g/mol. The number of amides is 1. The van der Waals surface area contributed by atoms with Gasteiger partial charge in [0.15, 0.2) is 10.6 Å². The van der Waals surface area contributed by atoms with E-state index in [1.807, 2.05) is 29.7 Å². The predicted molar refractivity (Wildman–Crippen MR) is 94.7 cm³/mol. The molecule has 1 aromatic heterocycles. The van der Waals surface area contributed by atoms with Crippen LogP contribution in [0.3, 0.4) is 0 Å². The third kappa shape index (κ3) is 5.03. The average Bonchev–Trinajstić information content (AvgIpc) is 2.90. The lowest BCUT2D eigenvalue weighted by molar-refractivity contribution is -0.121. The topological polar surface area (TPSA) is 62.7 Å². The van der Waals surface area contributed by atoms with Crippen LogP contribution in [0.5, 0.6) is 0 Å². The lowest BCUT2D eigenvalue weighted by Gasteiger charge is -2.08. The number of aromatic amines is 1. The lowest BCUT2D eigenvalue weighted by atomic mass is 10.1.